The van der Waals surface area contributed by atoms with Crippen LogP contribution in [0.5, 0.6) is 5.75 Å². The van der Waals surface area contributed by atoms with Crippen LogP contribution in [0.25, 0.3) is 0 Å². The molecule has 2 N–H and O–H groups in total. The number of rotatable bonds is 3. The predicted molar refractivity (Wildman–Crippen MR) is 46.8 cm³/mol. The molecular weight excluding hydrogens is 212 g/mol. The molecule has 0 aliphatic rings. The molecule has 1 aromatic rings. The molecule has 0 radical (unpaired) electrons. The molecule has 0 atom stereocenters. The lowest BCUT2D eigenvalue weighted by molar-refractivity contribution is -0.388. The van der Waals surface area contributed by atoms with Crippen molar-refractivity contribution in [3.63, 3.8) is 0 Å². The van der Waals surface area contributed by atoms with E-state index in [2.05, 4.69) is 9.72 Å². The Kier molecular flexibility index (Phi) is 2.98. The average molecular weight is 219 g/mol. The molecule has 8 heteroatoms. The van der Waals surface area contributed by atoms with Crippen LogP contribution in [0, 0.1) is 10.1 Å². The number of aromatic nitrogens is 1. The number of alkyl halides is 2. The van der Waals surface area contributed by atoms with Crippen molar-refractivity contribution < 1.29 is 18.4 Å². The first-order valence-corrected chi connectivity index (χ1v) is 3.74. The van der Waals surface area contributed by atoms with Gasteiger partial charge in [-0.05, 0) is 9.91 Å². The molecule has 15 heavy (non-hydrogen) atoms. The predicted octanol–water partition coefficient (Wildman–Crippen LogP) is 1.52. The number of nitrogens with two attached hydrogens (primary N) is 1. The second-order valence-electron chi connectivity index (χ2n) is 2.54. The zero-order valence-corrected chi connectivity index (χ0v) is 7.61. The summed E-state index contributed by atoms with van der Waals surface area (Å²) in [6.07, 6.45) is -2.92. The maximum atomic E-state index is 12.3. The summed E-state index contributed by atoms with van der Waals surface area (Å²) in [5.74, 6) is -1.02. The molecule has 1 aromatic heterocycles. The molecule has 0 bridgehead atoms. The molecular formula is C7H7F2N3O3. The van der Waals surface area contributed by atoms with E-state index < -0.39 is 22.9 Å². The molecule has 0 amide bonds. The number of methoxy groups -OCH3 is 1. The van der Waals surface area contributed by atoms with E-state index in [1.165, 1.54) is 7.11 Å². The van der Waals surface area contributed by atoms with Crippen molar-refractivity contribution in [2.24, 2.45) is 0 Å². The van der Waals surface area contributed by atoms with Gasteiger partial charge in [-0.25, -0.2) is 8.78 Å². The quantitative estimate of drug-likeness (QED) is 0.614. The Morgan fingerprint density at radius 3 is 2.67 bits per heavy atom. The van der Waals surface area contributed by atoms with E-state index in [1.54, 1.807) is 0 Å². The minimum Gasteiger partial charge on any atom is -0.494 e. The van der Waals surface area contributed by atoms with Crippen molar-refractivity contribution in [3.05, 3.63) is 21.9 Å². The number of nitro groups is 1. The van der Waals surface area contributed by atoms with Gasteiger partial charge in [-0.2, -0.15) is 0 Å². The molecule has 0 aliphatic carbocycles. The highest BCUT2D eigenvalue weighted by atomic mass is 19.3. The molecule has 0 saturated carbocycles. The van der Waals surface area contributed by atoms with Gasteiger partial charge in [0.15, 0.2) is 11.4 Å². The molecule has 1 rings (SSSR count). The molecule has 0 aromatic carbocycles. The van der Waals surface area contributed by atoms with Crippen molar-refractivity contribution in [1.29, 1.82) is 0 Å². The van der Waals surface area contributed by atoms with E-state index in [0.717, 1.165) is 6.07 Å². The number of nitrogen functional groups attached to an aromatic ring is 1. The highest BCUT2D eigenvalue weighted by Gasteiger charge is 2.25. The zero-order valence-electron chi connectivity index (χ0n) is 7.61. The van der Waals surface area contributed by atoms with Crippen LogP contribution >= 0.6 is 0 Å². The third-order valence-corrected chi connectivity index (χ3v) is 1.64. The van der Waals surface area contributed by atoms with E-state index in [0.29, 0.717) is 0 Å². The lowest BCUT2D eigenvalue weighted by atomic mass is 10.3. The topological polar surface area (TPSA) is 91.3 Å². The van der Waals surface area contributed by atoms with Gasteiger partial charge >= 0.3 is 12.2 Å². The lowest BCUT2D eigenvalue weighted by Crippen LogP contribution is -2.04. The van der Waals surface area contributed by atoms with E-state index in [1.807, 2.05) is 0 Å². The van der Waals surface area contributed by atoms with Gasteiger partial charge in [-0.15, -0.1) is 0 Å². The van der Waals surface area contributed by atoms with Gasteiger partial charge in [0, 0.05) is 6.07 Å². The van der Waals surface area contributed by atoms with Crippen LogP contribution in [0.1, 0.15) is 12.1 Å². The first kappa shape index (κ1) is 11.1. The van der Waals surface area contributed by atoms with E-state index in [-0.39, 0.29) is 11.4 Å². The fourth-order valence-corrected chi connectivity index (χ4v) is 0.957. The van der Waals surface area contributed by atoms with Crippen LogP contribution in [0.15, 0.2) is 6.07 Å². The maximum Gasteiger partial charge on any atom is 0.391 e. The Labute approximate surface area is 82.8 Å². The average Bonchev–Trinajstić information content (AvgIpc) is 2.17. The molecule has 0 saturated heterocycles. The van der Waals surface area contributed by atoms with E-state index in [4.69, 9.17) is 5.73 Å². The van der Waals surface area contributed by atoms with Crippen molar-refractivity contribution in [1.82, 2.24) is 4.98 Å². The molecule has 82 valence electrons. The summed E-state index contributed by atoms with van der Waals surface area (Å²) in [6, 6.07) is 0.868. The summed E-state index contributed by atoms with van der Waals surface area (Å²) in [6.45, 7) is 0. The van der Waals surface area contributed by atoms with Gasteiger partial charge in [0.2, 0.25) is 5.69 Å². The van der Waals surface area contributed by atoms with Gasteiger partial charge in [0.1, 0.15) is 0 Å². The smallest absolute Gasteiger partial charge is 0.391 e. The van der Waals surface area contributed by atoms with Crippen molar-refractivity contribution in [3.8, 4) is 5.75 Å². The zero-order chi connectivity index (χ0) is 11.6. The molecule has 0 spiro atoms. The minimum absolute atomic E-state index is 0.188. The van der Waals surface area contributed by atoms with Crippen LogP contribution < -0.4 is 10.5 Å². The highest BCUT2D eigenvalue weighted by molar-refractivity contribution is 5.64. The Bertz CT molecular complexity index is 397. The van der Waals surface area contributed by atoms with Crippen molar-refractivity contribution in [2.45, 2.75) is 6.43 Å². The number of hydrogen-bond donors (Lipinski definition) is 1. The summed E-state index contributed by atoms with van der Waals surface area (Å²) in [4.78, 5) is 12.6. The second-order valence-corrected chi connectivity index (χ2v) is 2.54. The molecule has 6 nitrogen and oxygen atoms in total. The number of nitrogens with zero attached hydrogens (tertiary/aromatic N) is 2. The maximum absolute atomic E-state index is 12.3. The molecule has 0 unspecified atom stereocenters. The Hall–Kier alpha value is -1.99. The largest absolute Gasteiger partial charge is 0.494 e. The number of pyridine rings is 1. The van der Waals surface area contributed by atoms with Crippen molar-refractivity contribution in [2.75, 3.05) is 12.8 Å². The number of halogens is 2. The minimum atomic E-state index is -2.92. The fraction of sp³-hybridized carbons (Fsp3) is 0.286. The molecule has 1 heterocycles. The van der Waals surface area contributed by atoms with Crippen molar-refractivity contribution >= 4 is 11.5 Å². The number of ether oxygens (including phenoxy) is 1. The number of anilines is 1. The molecule has 0 fully saturated rings. The van der Waals surface area contributed by atoms with Gasteiger partial charge in [0.05, 0.1) is 7.11 Å². The third-order valence-electron chi connectivity index (χ3n) is 1.64. The summed E-state index contributed by atoms with van der Waals surface area (Å²) in [5.41, 5.74) is 4.18. The third kappa shape index (κ3) is 2.09. The van der Waals surface area contributed by atoms with Crippen LogP contribution in [0.4, 0.5) is 20.3 Å². The summed E-state index contributed by atoms with van der Waals surface area (Å²) in [7, 11) is 1.17. The van der Waals surface area contributed by atoms with Crippen LogP contribution in [0.3, 0.4) is 0 Å². The SMILES string of the molecule is COc1cc(C(F)F)nc([N+](=O)[O-])c1N. The fourth-order valence-electron chi connectivity index (χ4n) is 0.957. The summed E-state index contributed by atoms with van der Waals surface area (Å²) >= 11 is 0. The van der Waals surface area contributed by atoms with E-state index >= 15 is 0 Å². The standard InChI is InChI=1S/C7H7F2N3O3/c1-15-4-2-3(6(8)9)11-7(5(4)10)12(13)14/h2,6H,10H2,1H3. The van der Waals surface area contributed by atoms with Crippen LogP contribution in [-0.4, -0.2) is 17.0 Å². The monoisotopic (exact) mass is 219 g/mol. The van der Waals surface area contributed by atoms with Crippen LogP contribution in [0.2, 0.25) is 0 Å². The molecule has 0 aliphatic heterocycles. The number of hydrogen-bond acceptors (Lipinski definition) is 5. The summed E-state index contributed by atoms with van der Waals surface area (Å²) in [5, 5.41) is 10.4. The highest BCUT2D eigenvalue weighted by Crippen LogP contribution is 2.33. The summed E-state index contributed by atoms with van der Waals surface area (Å²) < 4.78 is 29.2. The lowest BCUT2D eigenvalue weighted by Gasteiger charge is -2.05. The first-order chi connectivity index (χ1) is 6.97. The van der Waals surface area contributed by atoms with E-state index in [9.17, 15) is 18.9 Å². The second kappa shape index (κ2) is 4.03. The van der Waals surface area contributed by atoms with Gasteiger partial charge in [-0.3, -0.25) is 0 Å². The van der Waals surface area contributed by atoms with Crippen LogP contribution in [-0.2, 0) is 0 Å². The Morgan fingerprint density at radius 1 is 1.67 bits per heavy atom. The first-order valence-electron chi connectivity index (χ1n) is 3.74. The normalized spacial score (nSPS) is 10.4. The van der Waals surface area contributed by atoms with Gasteiger partial charge in [-0.1, -0.05) is 0 Å². The van der Waals surface area contributed by atoms with Gasteiger partial charge in [0.25, 0.3) is 0 Å². The Balaban J connectivity index is 3.38. The Morgan fingerprint density at radius 2 is 2.27 bits per heavy atom. The van der Waals surface area contributed by atoms with Gasteiger partial charge < -0.3 is 20.6 Å².